The van der Waals surface area contributed by atoms with E-state index in [-0.39, 0.29) is 5.78 Å². The van der Waals surface area contributed by atoms with Gasteiger partial charge in [-0.3, -0.25) is 4.79 Å². The monoisotopic (exact) mass is 362 g/mol. The van der Waals surface area contributed by atoms with Crippen molar-refractivity contribution in [3.8, 4) is 11.5 Å². The van der Waals surface area contributed by atoms with Crippen LogP contribution in [-0.4, -0.2) is 30.6 Å². The van der Waals surface area contributed by atoms with Crippen molar-refractivity contribution >= 4 is 28.6 Å². The zero-order valence-corrected chi connectivity index (χ0v) is 14.7. The van der Waals surface area contributed by atoms with E-state index in [1.165, 1.54) is 13.2 Å². The van der Waals surface area contributed by atoms with E-state index in [1.807, 2.05) is 36.4 Å². The first-order valence-corrected chi connectivity index (χ1v) is 8.30. The number of carboxylic acid groups (broad SMARTS) is 1. The second-order valence-electron chi connectivity index (χ2n) is 5.85. The summed E-state index contributed by atoms with van der Waals surface area (Å²) in [5.41, 5.74) is 1.35. The number of benzene rings is 3. The molecule has 0 aliphatic rings. The van der Waals surface area contributed by atoms with Gasteiger partial charge in [-0.05, 0) is 40.6 Å². The van der Waals surface area contributed by atoms with Crippen LogP contribution < -0.4 is 9.47 Å². The molecule has 3 rings (SSSR count). The van der Waals surface area contributed by atoms with E-state index in [1.54, 1.807) is 30.3 Å². The molecule has 0 fully saturated rings. The summed E-state index contributed by atoms with van der Waals surface area (Å²) < 4.78 is 10.4. The smallest absolute Gasteiger partial charge is 0.341 e. The summed E-state index contributed by atoms with van der Waals surface area (Å²) in [6.45, 7) is -0.452. The molecule has 5 nitrogen and oxygen atoms in total. The highest BCUT2D eigenvalue weighted by Gasteiger charge is 2.08. The van der Waals surface area contributed by atoms with Gasteiger partial charge in [0.1, 0.15) is 0 Å². The highest BCUT2D eigenvalue weighted by molar-refractivity contribution is 6.08. The molecule has 0 atom stereocenters. The van der Waals surface area contributed by atoms with Crippen molar-refractivity contribution in [3.05, 3.63) is 77.9 Å². The fourth-order valence-corrected chi connectivity index (χ4v) is 2.66. The normalized spacial score (nSPS) is 10.9. The number of hydrogen-bond donors (Lipinski definition) is 1. The van der Waals surface area contributed by atoms with Gasteiger partial charge in [-0.15, -0.1) is 0 Å². The Morgan fingerprint density at radius 2 is 1.74 bits per heavy atom. The standard InChI is InChI=1S/C22H18O5/c1-26-21-12-15(7-11-20(21)27-14-22(24)25)6-10-19(23)18-9-8-16-4-2-3-5-17(16)13-18/h2-13H,14H2,1H3,(H,24,25)/b10-6+. The molecular weight excluding hydrogens is 344 g/mol. The first-order chi connectivity index (χ1) is 13.1. The van der Waals surface area contributed by atoms with Crippen LogP contribution in [0, 0.1) is 0 Å². The van der Waals surface area contributed by atoms with Gasteiger partial charge in [0.05, 0.1) is 7.11 Å². The maximum Gasteiger partial charge on any atom is 0.341 e. The van der Waals surface area contributed by atoms with Crippen molar-refractivity contribution in [1.29, 1.82) is 0 Å². The molecule has 0 spiro atoms. The minimum absolute atomic E-state index is 0.106. The lowest BCUT2D eigenvalue weighted by atomic mass is 10.0. The average Bonchev–Trinajstić information content (AvgIpc) is 2.70. The van der Waals surface area contributed by atoms with Crippen LogP contribution in [0.4, 0.5) is 0 Å². The third kappa shape index (κ3) is 4.52. The summed E-state index contributed by atoms with van der Waals surface area (Å²) in [6.07, 6.45) is 3.18. The lowest BCUT2D eigenvalue weighted by Gasteiger charge is -2.09. The van der Waals surface area contributed by atoms with Gasteiger partial charge in [-0.2, -0.15) is 0 Å². The van der Waals surface area contributed by atoms with Crippen LogP contribution in [0.5, 0.6) is 11.5 Å². The molecule has 27 heavy (non-hydrogen) atoms. The van der Waals surface area contributed by atoms with Crippen molar-refractivity contribution in [2.75, 3.05) is 13.7 Å². The maximum absolute atomic E-state index is 12.5. The molecule has 136 valence electrons. The van der Waals surface area contributed by atoms with Crippen LogP contribution in [0.2, 0.25) is 0 Å². The third-order valence-corrected chi connectivity index (χ3v) is 4.00. The number of aliphatic carboxylic acids is 1. The van der Waals surface area contributed by atoms with E-state index in [9.17, 15) is 9.59 Å². The van der Waals surface area contributed by atoms with Gasteiger partial charge in [-0.1, -0.05) is 48.5 Å². The minimum atomic E-state index is -1.07. The number of ether oxygens (including phenoxy) is 2. The van der Waals surface area contributed by atoms with Gasteiger partial charge >= 0.3 is 5.97 Å². The first kappa shape index (κ1) is 18.2. The zero-order valence-electron chi connectivity index (χ0n) is 14.7. The van der Waals surface area contributed by atoms with Crippen LogP contribution >= 0.6 is 0 Å². The zero-order chi connectivity index (χ0) is 19.2. The molecular formula is C22H18O5. The minimum Gasteiger partial charge on any atom is -0.493 e. The van der Waals surface area contributed by atoms with Crippen molar-refractivity contribution < 1.29 is 24.2 Å². The fourth-order valence-electron chi connectivity index (χ4n) is 2.66. The SMILES string of the molecule is COc1cc(/C=C/C(=O)c2ccc3ccccc3c2)ccc1OCC(=O)O. The third-order valence-electron chi connectivity index (χ3n) is 4.00. The second kappa shape index (κ2) is 8.19. The predicted octanol–water partition coefficient (Wildman–Crippen LogP) is 4.21. The number of methoxy groups -OCH3 is 1. The topological polar surface area (TPSA) is 72.8 Å². The number of carboxylic acids is 1. The molecule has 0 aromatic heterocycles. The van der Waals surface area contributed by atoms with Crippen molar-refractivity contribution in [2.24, 2.45) is 0 Å². The van der Waals surface area contributed by atoms with Crippen LogP contribution in [0.25, 0.3) is 16.8 Å². The number of hydrogen-bond acceptors (Lipinski definition) is 4. The van der Waals surface area contributed by atoms with Crippen molar-refractivity contribution in [2.45, 2.75) is 0 Å². The Labute approximate surface area is 156 Å². The molecule has 0 bridgehead atoms. The van der Waals surface area contributed by atoms with Crippen LogP contribution in [0.15, 0.2) is 66.7 Å². The Kier molecular flexibility index (Phi) is 5.52. The molecule has 0 aliphatic heterocycles. The first-order valence-electron chi connectivity index (χ1n) is 8.30. The molecule has 1 N–H and O–H groups in total. The molecule has 0 heterocycles. The second-order valence-corrected chi connectivity index (χ2v) is 5.85. The highest BCUT2D eigenvalue weighted by Crippen LogP contribution is 2.28. The van der Waals surface area contributed by atoms with Gasteiger partial charge in [0, 0.05) is 5.56 Å². The van der Waals surface area contributed by atoms with Gasteiger partial charge in [0.2, 0.25) is 0 Å². The number of fused-ring (bicyclic) bond motifs is 1. The summed E-state index contributed by atoms with van der Waals surface area (Å²) in [4.78, 5) is 23.1. The largest absolute Gasteiger partial charge is 0.493 e. The Morgan fingerprint density at radius 1 is 0.963 bits per heavy atom. The van der Waals surface area contributed by atoms with Crippen LogP contribution in [0.1, 0.15) is 15.9 Å². The summed E-state index contributed by atoms with van der Waals surface area (Å²) in [5, 5.41) is 10.8. The number of ketones is 1. The molecule has 3 aromatic carbocycles. The molecule has 0 saturated heterocycles. The van der Waals surface area contributed by atoms with E-state index >= 15 is 0 Å². The molecule has 0 radical (unpaired) electrons. The highest BCUT2D eigenvalue weighted by atomic mass is 16.5. The average molecular weight is 362 g/mol. The van der Waals surface area contributed by atoms with E-state index in [2.05, 4.69) is 0 Å². The molecule has 0 aliphatic carbocycles. The molecule has 5 heteroatoms. The molecule has 0 unspecified atom stereocenters. The predicted molar refractivity (Wildman–Crippen MR) is 103 cm³/mol. The van der Waals surface area contributed by atoms with Gasteiger partial charge in [-0.25, -0.2) is 4.79 Å². The molecule has 3 aromatic rings. The van der Waals surface area contributed by atoms with Gasteiger partial charge in [0.15, 0.2) is 23.9 Å². The van der Waals surface area contributed by atoms with E-state index in [4.69, 9.17) is 14.6 Å². The molecule has 0 amide bonds. The lowest BCUT2D eigenvalue weighted by Crippen LogP contribution is -2.10. The Hall–Kier alpha value is -3.60. The summed E-state index contributed by atoms with van der Waals surface area (Å²) in [7, 11) is 1.47. The van der Waals surface area contributed by atoms with E-state index in [0.717, 1.165) is 16.3 Å². The number of rotatable bonds is 7. The number of allylic oxidation sites excluding steroid dienone is 1. The summed E-state index contributed by atoms with van der Waals surface area (Å²) in [5.74, 6) is -0.442. The maximum atomic E-state index is 12.5. The Balaban J connectivity index is 1.77. The van der Waals surface area contributed by atoms with Gasteiger partial charge < -0.3 is 14.6 Å². The van der Waals surface area contributed by atoms with E-state index < -0.39 is 12.6 Å². The summed E-state index contributed by atoms with van der Waals surface area (Å²) >= 11 is 0. The number of carbonyl (C=O) groups excluding carboxylic acids is 1. The van der Waals surface area contributed by atoms with Crippen molar-refractivity contribution in [1.82, 2.24) is 0 Å². The van der Waals surface area contributed by atoms with Gasteiger partial charge in [0.25, 0.3) is 0 Å². The van der Waals surface area contributed by atoms with Crippen molar-refractivity contribution in [3.63, 3.8) is 0 Å². The van der Waals surface area contributed by atoms with E-state index in [0.29, 0.717) is 17.1 Å². The lowest BCUT2D eigenvalue weighted by molar-refractivity contribution is -0.139. The number of carbonyl (C=O) groups is 2. The Morgan fingerprint density at radius 3 is 2.48 bits per heavy atom. The van der Waals surface area contributed by atoms with Crippen LogP contribution in [-0.2, 0) is 4.79 Å². The van der Waals surface area contributed by atoms with Crippen LogP contribution in [0.3, 0.4) is 0 Å². The quantitative estimate of drug-likeness (QED) is 0.503. The fraction of sp³-hybridized carbons (Fsp3) is 0.0909. The summed E-state index contributed by atoms with van der Waals surface area (Å²) in [6, 6.07) is 18.5. The Bertz CT molecular complexity index is 1020. The molecule has 0 saturated carbocycles.